The Morgan fingerprint density at radius 3 is 2.33 bits per heavy atom. The lowest BCUT2D eigenvalue weighted by Crippen LogP contribution is -2.23. The molecule has 2 rings (SSSR count). The monoisotopic (exact) mass is 209 g/mol. The second-order valence-electron chi connectivity index (χ2n) is 4.22. The van der Waals surface area contributed by atoms with Gasteiger partial charge in [0.25, 0.3) is 0 Å². The van der Waals surface area contributed by atoms with E-state index in [1.54, 1.807) is 0 Å². The molecule has 3 nitrogen and oxygen atoms in total. The zero-order valence-corrected chi connectivity index (χ0v) is 9.11. The van der Waals surface area contributed by atoms with Gasteiger partial charge in [0.15, 0.2) is 0 Å². The standard InChI is InChI=1S/C12H19NO2/c14-10-12-6-5-11(15-12)9-13-7-3-1-2-4-8-13/h5-6,14H,1-4,7-10H2. The molecule has 0 aliphatic carbocycles. The van der Waals surface area contributed by atoms with Crippen LogP contribution in [0.1, 0.15) is 37.2 Å². The minimum Gasteiger partial charge on any atom is -0.462 e. The van der Waals surface area contributed by atoms with E-state index in [0.29, 0.717) is 5.76 Å². The Balaban J connectivity index is 1.89. The van der Waals surface area contributed by atoms with Gasteiger partial charge in [0.2, 0.25) is 0 Å². The van der Waals surface area contributed by atoms with E-state index < -0.39 is 0 Å². The molecule has 1 fully saturated rings. The minimum absolute atomic E-state index is 0. The van der Waals surface area contributed by atoms with Crippen LogP contribution >= 0.6 is 0 Å². The van der Waals surface area contributed by atoms with Crippen molar-refractivity contribution in [3.8, 4) is 0 Å². The molecule has 0 unspecified atom stereocenters. The first kappa shape index (κ1) is 10.7. The fraction of sp³-hybridized carbons (Fsp3) is 0.667. The number of likely N-dealkylation sites (tertiary alicyclic amines) is 1. The van der Waals surface area contributed by atoms with Crippen molar-refractivity contribution < 1.29 is 9.52 Å². The maximum atomic E-state index is 8.89. The summed E-state index contributed by atoms with van der Waals surface area (Å²) in [5.41, 5.74) is 0. The summed E-state index contributed by atoms with van der Waals surface area (Å²) in [6, 6.07) is 3.82. The summed E-state index contributed by atoms with van der Waals surface area (Å²) in [6.45, 7) is 3.24. The van der Waals surface area contributed by atoms with Gasteiger partial charge in [-0.15, -0.1) is 0 Å². The molecule has 3 heteroatoms. The molecule has 1 aromatic rings. The van der Waals surface area contributed by atoms with E-state index in [4.69, 9.17) is 9.52 Å². The molecule has 0 saturated carbocycles. The maximum Gasteiger partial charge on any atom is 0.129 e. The quantitative estimate of drug-likeness (QED) is 0.828. The molecule has 0 amide bonds. The van der Waals surface area contributed by atoms with Gasteiger partial charge in [-0.05, 0) is 38.1 Å². The Bertz CT molecular complexity index is 288. The summed E-state index contributed by atoms with van der Waals surface area (Å²) in [7, 11) is 0. The van der Waals surface area contributed by atoms with Gasteiger partial charge in [-0.3, -0.25) is 4.90 Å². The molecule has 0 spiro atoms. The van der Waals surface area contributed by atoms with E-state index in [-0.39, 0.29) is 6.61 Å². The molecule has 1 aromatic heterocycles. The van der Waals surface area contributed by atoms with Crippen molar-refractivity contribution in [3.05, 3.63) is 23.7 Å². The first-order valence-electron chi connectivity index (χ1n) is 5.79. The van der Waals surface area contributed by atoms with Crippen molar-refractivity contribution in [1.82, 2.24) is 4.90 Å². The van der Waals surface area contributed by atoms with Gasteiger partial charge in [-0.25, -0.2) is 0 Å². The molecule has 0 bridgehead atoms. The van der Waals surface area contributed by atoms with Gasteiger partial charge in [0.1, 0.15) is 18.1 Å². The number of hydrogen-bond donors (Lipinski definition) is 1. The van der Waals surface area contributed by atoms with Gasteiger partial charge in [0.05, 0.1) is 6.54 Å². The van der Waals surface area contributed by atoms with Crippen molar-refractivity contribution in [2.75, 3.05) is 13.1 Å². The highest BCUT2D eigenvalue weighted by Crippen LogP contribution is 2.15. The molecule has 0 aromatic carbocycles. The molecule has 0 atom stereocenters. The highest BCUT2D eigenvalue weighted by Gasteiger charge is 2.11. The number of aliphatic hydroxyl groups is 1. The average Bonchev–Trinajstić information content (AvgIpc) is 2.54. The molecular formula is C12H19NO2. The van der Waals surface area contributed by atoms with Crippen LogP contribution in [0.4, 0.5) is 0 Å². The Morgan fingerprint density at radius 2 is 1.73 bits per heavy atom. The first-order chi connectivity index (χ1) is 7.38. The lowest BCUT2D eigenvalue weighted by molar-refractivity contribution is 0.222. The highest BCUT2D eigenvalue weighted by atomic mass is 16.4. The Hall–Kier alpha value is -0.800. The number of aliphatic hydroxyl groups excluding tert-OH is 1. The lowest BCUT2D eigenvalue weighted by atomic mass is 10.2. The van der Waals surface area contributed by atoms with Gasteiger partial charge in [0, 0.05) is 0 Å². The van der Waals surface area contributed by atoms with Crippen LogP contribution in [0.2, 0.25) is 0 Å². The molecule has 1 aliphatic rings. The van der Waals surface area contributed by atoms with E-state index in [1.165, 1.54) is 38.8 Å². The Labute approximate surface area is 90.7 Å². The van der Waals surface area contributed by atoms with Crippen LogP contribution in [0.15, 0.2) is 16.5 Å². The van der Waals surface area contributed by atoms with E-state index in [0.717, 1.165) is 12.3 Å². The van der Waals surface area contributed by atoms with Crippen molar-refractivity contribution in [3.63, 3.8) is 0 Å². The van der Waals surface area contributed by atoms with Crippen molar-refractivity contribution in [1.29, 1.82) is 0 Å². The lowest BCUT2D eigenvalue weighted by Gasteiger charge is -2.17. The zero-order valence-electron chi connectivity index (χ0n) is 9.11. The van der Waals surface area contributed by atoms with E-state index >= 15 is 0 Å². The fourth-order valence-electron chi connectivity index (χ4n) is 2.11. The number of hydrogen-bond acceptors (Lipinski definition) is 3. The average molecular weight is 209 g/mol. The largest absolute Gasteiger partial charge is 0.462 e. The third-order valence-corrected chi connectivity index (χ3v) is 2.95. The second kappa shape index (κ2) is 5.33. The van der Waals surface area contributed by atoms with Gasteiger partial charge in [-0.2, -0.15) is 0 Å². The summed E-state index contributed by atoms with van der Waals surface area (Å²) in [4.78, 5) is 2.44. The molecule has 1 N–H and O–H groups in total. The van der Waals surface area contributed by atoms with Crippen LogP contribution in [-0.2, 0) is 13.2 Å². The maximum absolute atomic E-state index is 8.89. The molecular weight excluding hydrogens is 190 g/mol. The van der Waals surface area contributed by atoms with Crippen LogP contribution in [-0.4, -0.2) is 23.1 Å². The van der Waals surface area contributed by atoms with Crippen molar-refractivity contribution in [2.45, 2.75) is 38.8 Å². The molecule has 1 saturated heterocycles. The summed E-state index contributed by atoms with van der Waals surface area (Å²) in [5, 5.41) is 8.89. The molecule has 15 heavy (non-hydrogen) atoms. The summed E-state index contributed by atoms with van der Waals surface area (Å²) < 4.78 is 5.48. The molecule has 1 aliphatic heterocycles. The van der Waals surface area contributed by atoms with Crippen LogP contribution in [0.25, 0.3) is 0 Å². The third-order valence-electron chi connectivity index (χ3n) is 2.95. The SMILES string of the molecule is OCc1ccc(CN2CCCCCC2)o1. The molecule has 2 heterocycles. The number of rotatable bonds is 3. The van der Waals surface area contributed by atoms with Crippen LogP contribution < -0.4 is 0 Å². The predicted molar refractivity (Wildman–Crippen MR) is 58.4 cm³/mol. The first-order valence-corrected chi connectivity index (χ1v) is 5.79. The second-order valence-corrected chi connectivity index (χ2v) is 4.22. The Kier molecular flexibility index (Phi) is 3.80. The van der Waals surface area contributed by atoms with Crippen molar-refractivity contribution in [2.24, 2.45) is 0 Å². The minimum atomic E-state index is 0. The third kappa shape index (κ3) is 3.08. The topological polar surface area (TPSA) is 36.6 Å². The van der Waals surface area contributed by atoms with Gasteiger partial charge < -0.3 is 9.52 Å². The summed E-state index contributed by atoms with van der Waals surface area (Å²) in [6.07, 6.45) is 5.31. The number of nitrogens with zero attached hydrogens (tertiary/aromatic N) is 1. The molecule has 0 radical (unpaired) electrons. The fourth-order valence-corrected chi connectivity index (χ4v) is 2.11. The van der Waals surface area contributed by atoms with Crippen LogP contribution in [0.5, 0.6) is 0 Å². The smallest absolute Gasteiger partial charge is 0.129 e. The van der Waals surface area contributed by atoms with E-state index in [1.807, 2.05) is 12.1 Å². The summed E-state index contributed by atoms with van der Waals surface area (Å²) >= 11 is 0. The van der Waals surface area contributed by atoms with E-state index in [2.05, 4.69) is 4.90 Å². The van der Waals surface area contributed by atoms with E-state index in [9.17, 15) is 0 Å². The highest BCUT2D eigenvalue weighted by molar-refractivity contribution is 5.06. The Morgan fingerprint density at radius 1 is 1.07 bits per heavy atom. The normalized spacial score (nSPS) is 19.0. The van der Waals surface area contributed by atoms with Gasteiger partial charge in [-0.1, -0.05) is 12.8 Å². The summed E-state index contributed by atoms with van der Waals surface area (Å²) in [5.74, 6) is 1.64. The van der Waals surface area contributed by atoms with Crippen LogP contribution in [0.3, 0.4) is 0 Å². The molecule has 84 valence electrons. The zero-order chi connectivity index (χ0) is 10.5. The van der Waals surface area contributed by atoms with Crippen LogP contribution in [0, 0.1) is 0 Å². The van der Waals surface area contributed by atoms with Crippen molar-refractivity contribution >= 4 is 0 Å². The predicted octanol–water partition coefficient (Wildman–Crippen LogP) is 2.15. The van der Waals surface area contributed by atoms with Gasteiger partial charge >= 0.3 is 0 Å². The number of furan rings is 1.